The standard InChI is InChI=1S/C20H31NO4/c1-5-10-21(3)18(2)17-19-6-8-20(9-7-19)25-16-15-24-14-13-23-12-11-22-4/h1,6-9,18H,10-17H2,2-4H3/t18-/m1/s1. The van der Waals surface area contributed by atoms with Crippen LogP contribution in [0.5, 0.6) is 5.75 Å². The highest BCUT2D eigenvalue weighted by molar-refractivity contribution is 5.27. The highest BCUT2D eigenvalue weighted by atomic mass is 16.6. The molecule has 0 saturated heterocycles. The summed E-state index contributed by atoms with van der Waals surface area (Å²) < 4.78 is 21.3. The Bertz CT molecular complexity index is 483. The smallest absolute Gasteiger partial charge is 0.119 e. The van der Waals surface area contributed by atoms with E-state index in [4.69, 9.17) is 25.4 Å². The summed E-state index contributed by atoms with van der Waals surface area (Å²) in [6.45, 7) is 6.26. The van der Waals surface area contributed by atoms with E-state index in [1.807, 2.05) is 19.2 Å². The summed E-state index contributed by atoms with van der Waals surface area (Å²) in [7, 11) is 3.70. The third kappa shape index (κ3) is 10.1. The Morgan fingerprint density at radius 1 is 1.00 bits per heavy atom. The van der Waals surface area contributed by atoms with Crippen LogP contribution < -0.4 is 4.74 Å². The fourth-order valence-corrected chi connectivity index (χ4v) is 2.20. The van der Waals surface area contributed by atoms with Gasteiger partial charge in [-0.15, -0.1) is 6.42 Å². The molecule has 0 aliphatic carbocycles. The van der Waals surface area contributed by atoms with Gasteiger partial charge in [0.05, 0.1) is 39.6 Å². The third-order valence-corrected chi connectivity index (χ3v) is 3.85. The van der Waals surface area contributed by atoms with Crippen molar-refractivity contribution in [3.05, 3.63) is 29.8 Å². The first-order valence-corrected chi connectivity index (χ1v) is 8.67. The maximum atomic E-state index is 5.67. The van der Waals surface area contributed by atoms with E-state index in [1.165, 1.54) is 5.56 Å². The van der Waals surface area contributed by atoms with Crippen molar-refractivity contribution < 1.29 is 18.9 Å². The molecule has 0 aromatic heterocycles. The molecule has 0 aliphatic heterocycles. The van der Waals surface area contributed by atoms with Gasteiger partial charge >= 0.3 is 0 Å². The molecule has 0 amide bonds. The topological polar surface area (TPSA) is 40.2 Å². The largest absolute Gasteiger partial charge is 0.491 e. The summed E-state index contributed by atoms with van der Waals surface area (Å²) in [5, 5.41) is 0. The van der Waals surface area contributed by atoms with Gasteiger partial charge in [-0.3, -0.25) is 4.90 Å². The number of hydrogen-bond donors (Lipinski definition) is 0. The van der Waals surface area contributed by atoms with Crippen molar-refractivity contribution in [3.8, 4) is 18.1 Å². The summed E-state index contributed by atoms with van der Waals surface area (Å²) in [5.41, 5.74) is 1.27. The van der Waals surface area contributed by atoms with Gasteiger partial charge in [0.1, 0.15) is 12.4 Å². The minimum absolute atomic E-state index is 0.405. The zero-order chi connectivity index (χ0) is 18.3. The summed E-state index contributed by atoms with van der Waals surface area (Å²) >= 11 is 0. The molecule has 0 radical (unpaired) electrons. The Morgan fingerprint density at radius 3 is 2.20 bits per heavy atom. The Hall–Kier alpha value is -1.58. The number of likely N-dealkylation sites (N-methyl/N-ethyl adjacent to an activating group) is 1. The fraction of sp³-hybridized carbons (Fsp3) is 0.600. The van der Waals surface area contributed by atoms with Crippen molar-refractivity contribution in [1.82, 2.24) is 4.90 Å². The van der Waals surface area contributed by atoms with E-state index >= 15 is 0 Å². The van der Waals surface area contributed by atoms with Gasteiger partial charge < -0.3 is 18.9 Å². The van der Waals surface area contributed by atoms with Crippen molar-refractivity contribution >= 4 is 0 Å². The lowest BCUT2D eigenvalue weighted by Crippen LogP contribution is -2.31. The summed E-state index contributed by atoms with van der Waals surface area (Å²) in [6, 6.07) is 8.59. The highest BCUT2D eigenvalue weighted by Crippen LogP contribution is 2.14. The molecule has 5 heteroatoms. The molecule has 0 unspecified atom stereocenters. The molecule has 0 bridgehead atoms. The second-order valence-electron chi connectivity index (χ2n) is 5.88. The van der Waals surface area contributed by atoms with Crippen LogP contribution in [-0.4, -0.2) is 71.3 Å². The molecule has 140 valence electrons. The van der Waals surface area contributed by atoms with Gasteiger partial charge in [0, 0.05) is 13.2 Å². The zero-order valence-electron chi connectivity index (χ0n) is 15.7. The molecule has 0 N–H and O–H groups in total. The number of ether oxygens (including phenoxy) is 4. The van der Waals surface area contributed by atoms with E-state index in [0.717, 1.165) is 12.2 Å². The minimum atomic E-state index is 0.405. The van der Waals surface area contributed by atoms with Crippen molar-refractivity contribution in [2.24, 2.45) is 0 Å². The van der Waals surface area contributed by atoms with E-state index in [9.17, 15) is 0 Å². The molecular formula is C20H31NO4. The normalized spacial score (nSPS) is 12.1. The van der Waals surface area contributed by atoms with E-state index < -0.39 is 0 Å². The monoisotopic (exact) mass is 349 g/mol. The molecule has 0 spiro atoms. The average molecular weight is 349 g/mol. The van der Waals surface area contributed by atoms with Crippen LogP contribution in [-0.2, 0) is 20.6 Å². The number of benzene rings is 1. The Balaban J connectivity index is 2.15. The average Bonchev–Trinajstić information content (AvgIpc) is 2.62. The van der Waals surface area contributed by atoms with Crippen molar-refractivity contribution in [3.63, 3.8) is 0 Å². The molecule has 0 saturated carbocycles. The van der Waals surface area contributed by atoms with Crippen LogP contribution in [0.4, 0.5) is 0 Å². The number of nitrogens with zero attached hydrogens (tertiary/aromatic N) is 1. The molecule has 0 aliphatic rings. The lowest BCUT2D eigenvalue weighted by Gasteiger charge is -2.22. The maximum absolute atomic E-state index is 5.67. The van der Waals surface area contributed by atoms with E-state index in [0.29, 0.717) is 52.2 Å². The molecule has 1 aromatic carbocycles. The van der Waals surface area contributed by atoms with E-state index in [1.54, 1.807) is 7.11 Å². The van der Waals surface area contributed by atoms with Gasteiger partial charge in [-0.05, 0) is 38.1 Å². The first-order chi connectivity index (χ1) is 12.2. The van der Waals surface area contributed by atoms with E-state index in [-0.39, 0.29) is 0 Å². The lowest BCUT2D eigenvalue weighted by atomic mass is 10.1. The van der Waals surface area contributed by atoms with Crippen LogP contribution in [0.15, 0.2) is 24.3 Å². The molecule has 25 heavy (non-hydrogen) atoms. The second-order valence-corrected chi connectivity index (χ2v) is 5.88. The molecule has 1 rings (SSSR count). The van der Waals surface area contributed by atoms with Gasteiger partial charge in [0.2, 0.25) is 0 Å². The SMILES string of the molecule is C#CCN(C)[C@H](C)Cc1ccc(OCCOCCOCCOC)cc1. The van der Waals surface area contributed by atoms with E-state index in [2.05, 4.69) is 29.9 Å². The van der Waals surface area contributed by atoms with Crippen LogP contribution in [0, 0.1) is 12.3 Å². The molecule has 1 atom stereocenters. The summed E-state index contributed by atoms with van der Waals surface area (Å²) in [4.78, 5) is 2.17. The summed E-state index contributed by atoms with van der Waals surface area (Å²) in [6.07, 6.45) is 6.32. The second kappa shape index (κ2) is 13.7. The van der Waals surface area contributed by atoms with Gasteiger partial charge in [-0.2, -0.15) is 0 Å². The number of rotatable bonds is 14. The molecule has 0 heterocycles. The van der Waals surface area contributed by atoms with Crippen LogP contribution >= 0.6 is 0 Å². The predicted octanol–water partition coefficient (Wildman–Crippen LogP) is 2.24. The predicted molar refractivity (Wildman–Crippen MR) is 100 cm³/mol. The first-order valence-electron chi connectivity index (χ1n) is 8.67. The Morgan fingerprint density at radius 2 is 1.60 bits per heavy atom. The number of terminal acetylenes is 1. The molecular weight excluding hydrogens is 318 g/mol. The maximum Gasteiger partial charge on any atom is 0.119 e. The fourth-order valence-electron chi connectivity index (χ4n) is 2.20. The highest BCUT2D eigenvalue weighted by Gasteiger charge is 2.08. The molecule has 1 aromatic rings. The quantitative estimate of drug-likeness (QED) is 0.381. The molecule has 5 nitrogen and oxygen atoms in total. The lowest BCUT2D eigenvalue weighted by molar-refractivity contribution is 0.0180. The van der Waals surface area contributed by atoms with Crippen molar-refractivity contribution in [1.29, 1.82) is 0 Å². The van der Waals surface area contributed by atoms with Gasteiger partial charge in [-0.1, -0.05) is 18.1 Å². The van der Waals surface area contributed by atoms with Crippen LogP contribution in [0.25, 0.3) is 0 Å². The van der Waals surface area contributed by atoms with Gasteiger partial charge in [-0.25, -0.2) is 0 Å². The van der Waals surface area contributed by atoms with Crippen LogP contribution in [0.1, 0.15) is 12.5 Å². The van der Waals surface area contributed by atoms with Crippen LogP contribution in [0.3, 0.4) is 0 Å². The molecule has 0 fully saturated rings. The van der Waals surface area contributed by atoms with Crippen LogP contribution in [0.2, 0.25) is 0 Å². The van der Waals surface area contributed by atoms with Crippen molar-refractivity contribution in [2.75, 3.05) is 60.3 Å². The minimum Gasteiger partial charge on any atom is -0.491 e. The third-order valence-electron chi connectivity index (χ3n) is 3.85. The van der Waals surface area contributed by atoms with Crippen molar-refractivity contribution in [2.45, 2.75) is 19.4 Å². The van der Waals surface area contributed by atoms with Gasteiger partial charge in [0.15, 0.2) is 0 Å². The Kier molecular flexibility index (Phi) is 11.7. The first kappa shape index (κ1) is 21.5. The van der Waals surface area contributed by atoms with Gasteiger partial charge in [0.25, 0.3) is 0 Å². The zero-order valence-corrected chi connectivity index (χ0v) is 15.7. The number of methoxy groups -OCH3 is 1. The Labute approximate surface area is 152 Å². The summed E-state index contributed by atoms with van der Waals surface area (Å²) in [5.74, 6) is 3.53. The number of hydrogen-bond acceptors (Lipinski definition) is 5.